The third-order valence-corrected chi connectivity index (χ3v) is 5.17. The number of rotatable bonds is 2. The molecule has 5 nitrogen and oxygen atoms in total. The van der Waals surface area contributed by atoms with Crippen LogP contribution in [-0.4, -0.2) is 15.7 Å². The molecule has 0 aliphatic heterocycles. The van der Waals surface area contributed by atoms with Crippen LogP contribution in [-0.2, 0) is 7.05 Å². The number of amides is 1. The summed E-state index contributed by atoms with van der Waals surface area (Å²) >= 11 is 4.76. The Labute approximate surface area is 133 Å². The summed E-state index contributed by atoms with van der Waals surface area (Å²) in [7, 11) is 1.85. The number of carbonyl (C=O) groups excluding carboxylic acids is 1. The van der Waals surface area contributed by atoms with Crippen molar-refractivity contribution in [2.45, 2.75) is 6.92 Å². The number of aryl methyl sites for hydroxylation is 2. The van der Waals surface area contributed by atoms with E-state index in [4.69, 9.17) is 5.73 Å². The molecule has 0 aliphatic carbocycles. The van der Waals surface area contributed by atoms with E-state index in [0.29, 0.717) is 16.3 Å². The molecule has 0 atom stereocenters. The van der Waals surface area contributed by atoms with Crippen LogP contribution in [0.25, 0.3) is 10.2 Å². The Kier molecular flexibility index (Phi) is 3.46. The minimum atomic E-state index is -0.208. The van der Waals surface area contributed by atoms with Crippen molar-refractivity contribution in [3.05, 3.63) is 39.3 Å². The molecule has 0 saturated carbocycles. The first kappa shape index (κ1) is 14.1. The number of nitrogens with two attached hydrogens (primary N) is 1. The van der Waals surface area contributed by atoms with E-state index in [0.717, 1.165) is 20.4 Å². The molecule has 3 rings (SSSR count). The summed E-state index contributed by atoms with van der Waals surface area (Å²) in [6.07, 6.45) is 0. The van der Waals surface area contributed by atoms with Gasteiger partial charge in [-0.1, -0.05) is 12.1 Å². The Morgan fingerprint density at radius 2 is 2.14 bits per heavy atom. The number of carbonyl (C=O) groups is 1. The number of hydrogen-bond donors (Lipinski definition) is 2. The van der Waals surface area contributed by atoms with E-state index in [1.165, 1.54) is 11.3 Å². The van der Waals surface area contributed by atoms with E-state index in [1.54, 1.807) is 4.68 Å². The van der Waals surface area contributed by atoms with Gasteiger partial charge in [-0.25, -0.2) is 0 Å². The van der Waals surface area contributed by atoms with Crippen molar-refractivity contribution in [2.75, 3.05) is 11.1 Å². The molecule has 7 heteroatoms. The lowest BCUT2D eigenvalue weighted by Gasteiger charge is -2.06. The van der Waals surface area contributed by atoms with Crippen LogP contribution < -0.4 is 11.1 Å². The number of benzene rings is 1. The number of nitrogens with one attached hydrogen (secondary N) is 1. The van der Waals surface area contributed by atoms with E-state index >= 15 is 0 Å². The van der Waals surface area contributed by atoms with Crippen molar-refractivity contribution in [1.29, 1.82) is 0 Å². The third kappa shape index (κ3) is 2.32. The zero-order chi connectivity index (χ0) is 15.1. The zero-order valence-corrected chi connectivity index (χ0v) is 13.9. The number of anilines is 2. The minimum absolute atomic E-state index is 0.208. The molecule has 0 bridgehead atoms. The lowest BCUT2D eigenvalue weighted by Crippen LogP contribution is -2.12. The van der Waals surface area contributed by atoms with Gasteiger partial charge in [0.2, 0.25) is 0 Å². The molecular formula is C14H13BrN4OS. The fraction of sp³-hybridized carbons (Fsp3) is 0.143. The van der Waals surface area contributed by atoms with Crippen LogP contribution in [0.4, 0.5) is 11.4 Å². The first-order valence-electron chi connectivity index (χ1n) is 6.26. The van der Waals surface area contributed by atoms with E-state index in [2.05, 4.69) is 26.3 Å². The molecule has 108 valence electrons. The van der Waals surface area contributed by atoms with Gasteiger partial charge in [0.25, 0.3) is 5.91 Å². The molecule has 0 radical (unpaired) electrons. The van der Waals surface area contributed by atoms with E-state index in [1.807, 2.05) is 38.2 Å². The summed E-state index contributed by atoms with van der Waals surface area (Å²) in [4.78, 5) is 13.9. The predicted octanol–water partition coefficient (Wildman–Crippen LogP) is 3.54. The second-order valence-corrected chi connectivity index (χ2v) is 6.52. The molecule has 0 spiro atoms. The molecule has 3 aromatic rings. The van der Waals surface area contributed by atoms with Crippen molar-refractivity contribution < 1.29 is 4.79 Å². The van der Waals surface area contributed by atoms with Crippen molar-refractivity contribution in [1.82, 2.24) is 9.78 Å². The molecule has 0 fully saturated rings. The lowest BCUT2D eigenvalue weighted by molar-refractivity contribution is 0.103. The third-order valence-electron chi connectivity index (χ3n) is 3.21. The number of fused-ring (bicyclic) bond motifs is 1. The number of para-hydroxylation sites is 1. The second kappa shape index (κ2) is 5.16. The van der Waals surface area contributed by atoms with Crippen molar-refractivity contribution in [3.8, 4) is 0 Å². The van der Waals surface area contributed by atoms with Crippen LogP contribution in [0.2, 0.25) is 0 Å². The average Bonchev–Trinajstić information content (AvgIpc) is 2.92. The smallest absolute Gasteiger partial charge is 0.267 e. The highest BCUT2D eigenvalue weighted by Crippen LogP contribution is 2.36. The largest absolute Gasteiger partial charge is 0.397 e. The van der Waals surface area contributed by atoms with E-state index in [9.17, 15) is 4.79 Å². The molecule has 3 N–H and O–H groups in total. The van der Waals surface area contributed by atoms with Gasteiger partial charge in [-0.2, -0.15) is 5.10 Å². The van der Waals surface area contributed by atoms with E-state index in [-0.39, 0.29) is 5.91 Å². The molecule has 0 unspecified atom stereocenters. The normalized spacial score (nSPS) is 11.0. The maximum Gasteiger partial charge on any atom is 0.267 e. The number of hydrogen-bond acceptors (Lipinski definition) is 4. The Morgan fingerprint density at radius 3 is 2.81 bits per heavy atom. The van der Waals surface area contributed by atoms with Crippen LogP contribution in [0.15, 0.2) is 28.7 Å². The molecule has 1 aromatic carbocycles. The summed E-state index contributed by atoms with van der Waals surface area (Å²) < 4.78 is 2.58. The number of nitrogens with zero attached hydrogens (tertiary/aromatic N) is 2. The van der Waals surface area contributed by atoms with Gasteiger partial charge < -0.3 is 11.1 Å². The maximum atomic E-state index is 12.4. The number of halogens is 1. The monoisotopic (exact) mass is 364 g/mol. The fourth-order valence-electron chi connectivity index (χ4n) is 2.24. The number of aromatic nitrogens is 2. The van der Waals surface area contributed by atoms with Gasteiger partial charge in [0.05, 0.1) is 22.5 Å². The minimum Gasteiger partial charge on any atom is -0.397 e. The molecule has 0 saturated heterocycles. The molecule has 2 aromatic heterocycles. The van der Waals surface area contributed by atoms with Crippen LogP contribution in [0.3, 0.4) is 0 Å². The topological polar surface area (TPSA) is 72.9 Å². The van der Waals surface area contributed by atoms with Crippen molar-refractivity contribution >= 4 is 54.8 Å². The van der Waals surface area contributed by atoms with Gasteiger partial charge in [0.15, 0.2) is 0 Å². The Bertz CT molecular complexity index is 852. The quantitative estimate of drug-likeness (QED) is 0.730. The van der Waals surface area contributed by atoms with Crippen molar-refractivity contribution in [2.24, 2.45) is 7.05 Å². The van der Waals surface area contributed by atoms with Gasteiger partial charge in [-0.05, 0) is 35.0 Å². The SMILES string of the molecule is Cc1nn(C)c2sc(C(=O)Nc3ccccc3Br)c(N)c12. The van der Waals surface area contributed by atoms with Gasteiger partial charge in [-0.3, -0.25) is 9.48 Å². The summed E-state index contributed by atoms with van der Waals surface area (Å²) in [5.41, 5.74) is 8.17. The van der Waals surface area contributed by atoms with Crippen LogP contribution >= 0.6 is 27.3 Å². The average molecular weight is 365 g/mol. The first-order valence-corrected chi connectivity index (χ1v) is 7.87. The van der Waals surface area contributed by atoms with Gasteiger partial charge in [0.1, 0.15) is 9.71 Å². The lowest BCUT2D eigenvalue weighted by atomic mass is 10.2. The summed E-state index contributed by atoms with van der Waals surface area (Å²) in [5, 5.41) is 8.05. The summed E-state index contributed by atoms with van der Waals surface area (Å²) in [6, 6.07) is 7.46. The first-order chi connectivity index (χ1) is 9.99. The van der Waals surface area contributed by atoms with Gasteiger partial charge in [0, 0.05) is 11.5 Å². The second-order valence-electron chi connectivity index (χ2n) is 4.67. The summed E-state index contributed by atoms with van der Waals surface area (Å²) in [6.45, 7) is 1.89. The molecule has 21 heavy (non-hydrogen) atoms. The standard InChI is InChI=1S/C14H13BrN4OS/c1-7-10-11(16)12(21-14(10)19(2)18-7)13(20)17-9-6-4-3-5-8(9)15/h3-6H,16H2,1-2H3,(H,17,20). The highest BCUT2D eigenvalue weighted by atomic mass is 79.9. The molecule has 0 aliphatic rings. The van der Waals surface area contributed by atoms with E-state index < -0.39 is 0 Å². The number of nitrogen functional groups attached to an aromatic ring is 1. The van der Waals surface area contributed by atoms with Crippen LogP contribution in [0.5, 0.6) is 0 Å². The van der Waals surface area contributed by atoms with Gasteiger partial charge >= 0.3 is 0 Å². The Morgan fingerprint density at radius 1 is 1.43 bits per heavy atom. The van der Waals surface area contributed by atoms with Gasteiger partial charge in [-0.15, -0.1) is 11.3 Å². The molecular weight excluding hydrogens is 352 g/mol. The van der Waals surface area contributed by atoms with Crippen LogP contribution in [0.1, 0.15) is 15.4 Å². The highest BCUT2D eigenvalue weighted by Gasteiger charge is 2.21. The fourth-order valence-corrected chi connectivity index (χ4v) is 3.71. The molecule has 2 heterocycles. The Balaban J connectivity index is 2.01. The predicted molar refractivity (Wildman–Crippen MR) is 89.8 cm³/mol. The Hall–Kier alpha value is -1.86. The van der Waals surface area contributed by atoms with Crippen LogP contribution in [0, 0.1) is 6.92 Å². The highest BCUT2D eigenvalue weighted by molar-refractivity contribution is 9.10. The number of thiophene rings is 1. The molecule has 1 amide bonds. The maximum absolute atomic E-state index is 12.4. The zero-order valence-electron chi connectivity index (χ0n) is 11.5. The van der Waals surface area contributed by atoms with Crippen molar-refractivity contribution in [3.63, 3.8) is 0 Å². The summed E-state index contributed by atoms with van der Waals surface area (Å²) in [5.74, 6) is -0.208.